The Morgan fingerprint density at radius 1 is 1.40 bits per heavy atom. The first-order valence-electron chi connectivity index (χ1n) is 0.644. The fourth-order valence-electron chi connectivity index (χ4n) is 0. The van der Waals surface area contributed by atoms with Gasteiger partial charge in [-0.2, -0.15) is 0 Å². The van der Waals surface area contributed by atoms with Crippen molar-refractivity contribution < 1.29 is 37.5 Å². The fourth-order valence-corrected chi connectivity index (χ4v) is 0. The molecule has 5 heavy (non-hydrogen) atoms. The van der Waals surface area contributed by atoms with Gasteiger partial charge in [-0.25, -0.2) is 0 Å². The molecule has 0 saturated heterocycles. The maximum Gasteiger partial charge on any atom is 0 e. The van der Waals surface area contributed by atoms with E-state index >= 15 is 0 Å². The van der Waals surface area contributed by atoms with Gasteiger partial charge in [-0.1, -0.05) is 0 Å². The van der Waals surface area contributed by atoms with Crippen LogP contribution in [0.15, 0.2) is 0 Å². The summed E-state index contributed by atoms with van der Waals surface area (Å²) >= 11 is 0. The number of rotatable bonds is 0. The van der Waals surface area contributed by atoms with Crippen LogP contribution < -0.4 is 5.73 Å². The summed E-state index contributed by atoms with van der Waals surface area (Å²) < 4.78 is 0. The fraction of sp³-hybridized carbons (Fsp3) is 0. The second kappa shape index (κ2) is 123. The van der Waals surface area contributed by atoms with Crippen molar-refractivity contribution >= 4 is 6.79 Å². The number of carbonyl (C=O) groups excluding carboxylic acids is 1. The molecular weight excluding hydrogens is 143 g/mol. The Kier molecular flexibility index (Phi) is 421. The van der Waals surface area contributed by atoms with E-state index in [2.05, 4.69) is 19.6 Å². The summed E-state index contributed by atoms with van der Waals surface area (Å²) in [6, 6.07) is 0. The van der Waals surface area contributed by atoms with Crippen LogP contribution in [0.1, 0.15) is 0 Å². The molecule has 3 heteroatoms. The summed E-state index contributed by atoms with van der Waals surface area (Å²) in [5.41, 5.74) is 4.25. The van der Waals surface area contributed by atoms with Gasteiger partial charge in [0.2, 0.25) is 0 Å². The number of nitrogens with two attached hydrogens (primary N) is 1. The molecule has 0 aliphatic rings. The molecule has 2 nitrogen and oxygen atoms in total. The van der Waals surface area contributed by atoms with Crippen molar-refractivity contribution in [2.75, 3.05) is 0 Å². The Morgan fingerprint density at radius 3 is 1.40 bits per heavy atom. The molecule has 0 atom stereocenters. The predicted molar refractivity (Wildman–Crippen MR) is 16.3 cm³/mol. The van der Waals surface area contributed by atoms with E-state index in [1.54, 1.807) is 0 Å². The Bertz CT molecular complexity index is 9.61. The molecule has 0 saturated carbocycles. The van der Waals surface area contributed by atoms with Crippen molar-refractivity contribution in [3.63, 3.8) is 0 Å². The van der Waals surface area contributed by atoms with Crippen molar-refractivity contribution in [1.29, 1.82) is 0 Å². The van der Waals surface area contributed by atoms with Gasteiger partial charge in [-0.15, -0.1) is 0 Å². The minimum atomic E-state index is 0. The summed E-state index contributed by atoms with van der Waals surface area (Å²) in [5.74, 6) is 0. The largest absolute Gasteiger partial charge is 0.545 e. The molecule has 0 spiro atoms. The number of hydrogen-bond donors (Lipinski definition) is 1. The van der Waals surface area contributed by atoms with E-state index in [9.17, 15) is 0 Å². The topological polar surface area (TPSA) is 43.1 Å². The summed E-state index contributed by atoms with van der Waals surface area (Å²) in [5, 5.41) is 0. The first kappa shape index (κ1) is 17.2. The molecule has 0 aromatic heterocycles. The zero-order valence-electron chi connectivity index (χ0n) is 2.85. The van der Waals surface area contributed by atoms with Gasteiger partial charge in [0.1, 0.15) is 0 Å². The maximum absolute atomic E-state index is 7.75. The maximum atomic E-state index is 7.75. The van der Waals surface area contributed by atoms with Crippen LogP contribution in [-0.4, -0.2) is 6.79 Å². The van der Waals surface area contributed by atoms with Crippen LogP contribution in [0.4, 0.5) is 0 Å². The van der Waals surface area contributed by atoms with Crippen LogP contribution in [0.3, 0.4) is 0 Å². The summed E-state index contributed by atoms with van der Waals surface area (Å²) in [6.07, 6.45) is 0. The zero-order valence-corrected chi connectivity index (χ0v) is 5.69. The van der Waals surface area contributed by atoms with Crippen molar-refractivity contribution in [3.05, 3.63) is 7.05 Å². The third kappa shape index (κ3) is 65.7. The molecule has 1 radical (unpaired) electrons. The molecule has 0 heterocycles. The Balaban J connectivity index is -0.0000000133. The van der Waals surface area contributed by atoms with Gasteiger partial charge in [-0.05, 0) is 0 Å². The van der Waals surface area contributed by atoms with E-state index in [-0.39, 0.29) is 32.7 Å². The third-order valence-electron chi connectivity index (χ3n) is 0. The van der Waals surface area contributed by atoms with Crippen LogP contribution in [0.5, 0.6) is 0 Å². The van der Waals surface area contributed by atoms with Crippen molar-refractivity contribution in [3.8, 4) is 0 Å². The number of hydrogen-bond acceptors (Lipinski definition) is 2. The van der Waals surface area contributed by atoms with Crippen LogP contribution in [-0.2, 0) is 37.5 Å². The molecule has 0 amide bonds. The molecule has 0 aromatic carbocycles. The minimum Gasteiger partial charge on any atom is -0.545 e. The van der Waals surface area contributed by atoms with Crippen LogP contribution in [0.25, 0.3) is 0 Å². The van der Waals surface area contributed by atoms with E-state index in [0.717, 1.165) is 0 Å². The molecule has 2 N–H and O–H groups in total. The molecule has 0 aromatic rings. The minimum absolute atomic E-state index is 0. The first-order valence-corrected chi connectivity index (χ1v) is 0.644. The molecule has 0 aliphatic heterocycles. The molecule has 29 valence electrons. The van der Waals surface area contributed by atoms with Gasteiger partial charge in [0.05, 0.1) is 0 Å². The zero-order chi connectivity index (χ0) is 4.00. The molecule has 0 unspecified atom stereocenters. The van der Waals surface area contributed by atoms with Crippen molar-refractivity contribution in [2.24, 2.45) is 5.73 Å². The van der Waals surface area contributed by atoms with Crippen LogP contribution >= 0.6 is 0 Å². The van der Waals surface area contributed by atoms with Crippen molar-refractivity contribution in [2.45, 2.75) is 0 Å². The summed E-state index contributed by atoms with van der Waals surface area (Å²) in [4.78, 5) is 7.75. The van der Waals surface area contributed by atoms with Crippen LogP contribution in [0.2, 0.25) is 0 Å². The van der Waals surface area contributed by atoms with E-state index in [1.165, 1.54) is 0 Å². The predicted octanol–water partition coefficient (Wildman–Crippen LogP) is -0.540. The monoisotopic (exact) mass is 148 g/mol. The standard InChI is InChI=1S/CH4N.CHO.Y/c2*1-2;/h1-2H2;1H;/q2*-1;. The summed E-state index contributed by atoms with van der Waals surface area (Å²) in [6.45, 7) is 3.25. The van der Waals surface area contributed by atoms with E-state index in [4.69, 9.17) is 4.79 Å². The molecule has 0 rings (SSSR count). The van der Waals surface area contributed by atoms with Gasteiger partial charge in [0.25, 0.3) is 0 Å². The van der Waals surface area contributed by atoms with Crippen molar-refractivity contribution in [1.82, 2.24) is 0 Å². The van der Waals surface area contributed by atoms with Gasteiger partial charge < -0.3 is 10.5 Å². The Morgan fingerprint density at radius 2 is 1.40 bits per heavy atom. The Labute approximate surface area is 57.0 Å². The van der Waals surface area contributed by atoms with E-state index in [0.29, 0.717) is 0 Å². The van der Waals surface area contributed by atoms with Gasteiger partial charge >= 0.3 is 0 Å². The second-order valence-electron chi connectivity index (χ2n) is 0. The SMILES string of the molecule is [CH-]=O.[CH2-]N.[Y]. The smallest absolute Gasteiger partial charge is 0 e. The van der Waals surface area contributed by atoms with Gasteiger partial charge in [-0.3, -0.25) is 13.8 Å². The van der Waals surface area contributed by atoms with Gasteiger partial charge in [0, 0.05) is 32.7 Å². The molecule has 0 fully saturated rings. The average molecular weight is 148 g/mol. The van der Waals surface area contributed by atoms with E-state index in [1.807, 2.05) is 0 Å². The molecule has 0 aliphatic carbocycles. The summed E-state index contributed by atoms with van der Waals surface area (Å²) in [7, 11) is 2.75. The molecule has 0 bridgehead atoms. The quantitative estimate of drug-likeness (QED) is 0.370. The Hall–Kier alpha value is 0.734. The van der Waals surface area contributed by atoms with Crippen LogP contribution in [0, 0.1) is 7.05 Å². The first-order chi connectivity index (χ1) is 2.00. The van der Waals surface area contributed by atoms with Gasteiger partial charge in [0.15, 0.2) is 0 Å². The average Bonchev–Trinajstić information content (AvgIpc) is 1.50. The molecular formula is C2H5NOY-2. The normalized spacial score (nSPS) is 2.00. The van der Waals surface area contributed by atoms with E-state index < -0.39 is 0 Å². The third-order valence-corrected chi connectivity index (χ3v) is 0. The second-order valence-corrected chi connectivity index (χ2v) is 0.